The Hall–Kier alpha value is -2.17. The van der Waals surface area contributed by atoms with E-state index in [0.29, 0.717) is 5.57 Å². The molecule has 7 heteroatoms. The fourth-order valence-electron chi connectivity index (χ4n) is 5.32. The average molecular weight is 427 g/mol. The van der Waals surface area contributed by atoms with Crippen LogP contribution in [-0.2, 0) is 47.7 Å². The van der Waals surface area contributed by atoms with Gasteiger partial charge in [-0.15, -0.1) is 0 Å². The molecule has 0 spiro atoms. The van der Waals surface area contributed by atoms with Gasteiger partial charge in [0.25, 0.3) is 0 Å². The first-order valence-electron chi connectivity index (χ1n) is 10.9. The first kappa shape index (κ1) is 21.1. The van der Waals surface area contributed by atoms with E-state index < -0.39 is 10.8 Å². The quantitative estimate of drug-likeness (QED) is 0.560. The fraction of sp³-hybridized carbons (Fsp3) is 0.565. The van der Waals surface area contributed by atoms with Crippen LogP contribution in [0.2, 0.25) is 0 Å². The van der Waals surface area contributed by atoms with Crippen LogP contribution >= 0.6 is 0 Å². The highest BCUT2D eigenvalue weighted by atomic mass is 32.2. The highest BCUT2D eigenvalue weighted by molar-refractivity contribution is 7.73. The second kappa shape index (κ2) is 8.52. The Balaban J connectivity index is 1.49. The van der Waals surface area contributed by atoms with Gasteiger partial charge in [-0.2, -0.15) is 9.62 Å². The molecule has 1 aliphatic heterocycles. The maximum absolute atomic E-state index is 12.7. The molecule has 0 bridgehead atoms. The Bertz CT molecular complexity index is 1000. The molecule has 4 rings (SSSR count). The largest absolute Gasteiger partial charge is 0.296 e. The van der Waals surface area contributed by atoms with Crippen molar-refractivity contribution in [1.82, 2.24) is 9.62 Å². The van der Waals surface area contributed by atoms with Gasteiger partial charge in [-0.25, -0.2) is 4.21 Å². The monoisotopic (exact) mass is 426 g/mol. The highest BCUT2D eigenvalue weighted by Gasteiger charge is 2.37. The number of aryl methyl sites for hydroxylation is 2. The minimum absolute atomic E-state index is 0.259. The highest BCUT2D eigenvalue weighted by Crippen LogP contribution is 2.35. The standard InChI is InChI=1S/C23H30N4O2S/c1-23(10-5-11-27(23)2)18(14-24)15-25-30(29)26-22(28)13-21-19-8-3-6-16(19)12-17-7-4-9-20(17)21/h12,15,30H,3-11,13H2,1-2H3,(H,25,26,28,29)/b18-15-. The van der Waals surface area contributed by atoms with Gasteiger partial charge in [-0.3, -0.25) is 14.4 Å². The third kappa shape index (κ3) is 3.91. The molecule has 30 heavy (non-hydrogen) atoms. The predicted octanol–water partition coefficient (Wildman–Crippen LogP) is 2.79. The number of carbonyl (C=O) groups is 1. The Morgan fingerprint density at radius 2 is 1.93 bits per heavy atom. The molecule has 2 atom stereocenters. The number of thiol groups is 1. The van der Waals surface area contributed by atoms with Crippen LogP contribution in [0.15, 0.2) is 22.2 Å². The Morgan fingerprint density at radius 3 is 2.50 bits per heavy atom. The topological polar surface area (TPSA) is 85.6 Å². The fourth-order valence-corrected chi connectivity index (χ4v) is 5.89. The van der Waals surface area contributed by atoms with Gasteiger partial charge < -0.3 is 0 Å². The van der Waals surface area contributed by atoms with Crippen molar-refractivity contribution in [2.75, 3.05) is 13.6 Å². The lowest BCUT2D eigenvalue weighted by atomic mass is 9.91. The number of carbonyl (C=O) groups excluding carboxylic acids is 1. The smallest absolute Gasteiger partial charge is 0.236 e. The lowest BCUT2D eigenvalue weighted by Gasteiger charge is -2.31. The summed E-state index contributed by atoms with van der Waals surface area (Å²) >= 11 is 0. The number of nitrogens with zero attached hydrogens (tertiary/aromatic N) is 3. The van der Waals surface area contributed by atoms with E-state index in [2.05, 4.69) is 26.1 Å². The van der Waals surface area contributed by atoms with E-state index >= 15 is 0 Å². The summed E-state index contributed by atoms with van der Waals surface area (Å²) in [6.45, 7) is 2.93. The molecule has 2 unspecified atom stereocenters. The van der Waals surface area contributed by atoms with Crippen molar-refractivity contribution in [3.63, 3.8) is 0 Å². The number of likely N-dealkylation sites (N-methyl/N-ethyl adjacent to an activating group) is 1. The van der Waals surface area contributed by atoms with Gasteiger partial charge >= 0.3 is 0 Å². The molecule has 1 amide bonds. The third-order valence-corrected chi connectivity index (χ3v) is 7.91. The molecule has 6 nitrogen and oxygen atoms in total. The van der Waals surface area contributed by atoms with Crippen molar-refractivity contribution >= 4 is 16.7 Å². The van der Waals surface area contributed by atoms with Crippen LogP contribution in [-0.4, -0.2) is 34.1 Å². The lowest BCUT2D eigenvalue weighted by Crippen LogP contribution is -2.39. The van der Waals surface area contributed by atoms with Crippen LogP contribution in [0.1, 0.15) is 60.4 Å². The molecule has 1 heterocycles. The first-order chi connectivity index (χ1) is 14.4. The Morgan fingerprint density at radius 1 is 1.27 bits per heavy atom. The maximum atomic E-state index is 12.7. The molecule has 1 saturated heterocycles. The van der Waals surface area contributed by atoms with Crippen LogP contribution in [0.4, 0.5) is 0 Å². The zero-order valence-corrected chi connectivity index (χ0v) is 18.7. The summed E-state index contributed by atoms with van der Waals surface area (Å²) in [7, 11) is -0.305. The minimum Gasteiger partial charge on any atom is -0.296 e. The summed E-state index contributed by atoms with van der Waals surface area (Å²) in [5, 5.41) is 9.55. The second-order valence-corrected chi connectivity index (χ2v) is 9.89. The van der Waals surface area contributed by atoms with E-state index in [4.69, 9.17) is 0 Å². The molecule has 160 valence electrons. The molecule has 0 saturated carbocycles. The van der Waals surface area contributed by atoms with Crippen molar-refractivity contribution in [1.29, 1.82) is 5.26 Å². The number of nitrogens with one attached hydrogen (secondary N) is 1. The van der Waals surface area contributed by atoms with Crippen LogP contribution in [0.5, 0.6) is 0 Å². The van der Waals surface area contributed by atoms with E-state index in [0.717, 1.165) is 63.5 Å². The number of hydrogen-bond acceptors (Lipinski definition) is 5. The van der Waals surface area contributed by atoms with Crippen molar-refractivity contribution in [2.45, 2.75) is 70.3 Å². The van der Waals surface area contributed by atoms with Gasteiger partial charge in [0, 0.05) is 0 Å². The van der Waals surface area contributed by atoms with Crippen molar-refractivity contribution in [3.05, 3.63) is 45.7 Å². The SMILES string of the molecule is CN1CCCC1(C)/C(C#N)=C\N=[SH](=O)\NC(=O)Cc1c2c(cc3c1CCC3)CCC2. The molecule has 0 radical (unpaired) electrons. The van der Waals surface area contributed by atoms with E-state index in [1.165, 1.54) is 28.5 Å². The zero-order valence-electron chi connectivity index (χ0n) is 17.8. The lowest BCUT2D eigenvalue weighted by molar-refractivity contribution is -0.118. The predicted molar refractivity (Wildman–Crippen MR) is 118 cm³/mol. The molecule has 2 aliphatic carbocycles. The van der Waals surface area contributed by atoms with Gasteiger partial charge in [0.05, 0.1) is 29.8 Å². The number of rotatable bonds is 5. The molecule has 1 aromatic rings. The van der Waals surface area contributed by atoms with Gasteiger partial charge in [0.1, 0.15) is 10.8 Å². The van der Waals surface area contributed by atoms with E-state index in [-0.39, 0.29) is 17.9 Å². The molecular formula is C23H30N4O2S. The normalized spacial score (nSPS) is 24.5. The number of fused-ring (bicyclic) bond motifs is 2. The summed E-state index contributed by atoms with van der Waals surface area (Å²) in [6, 6.07) is 4.55. The van der Waals surface area contributed by atoms with Gasteiger partial charge in [0.15, 0.2) is 0 Å². The van der Waals surface area contributed by atoms with E-state index in [1.54, 1.807) is 0 Å². The number of likely N-dealkylation sites (tertiary alicyclic amines) is 1. The summed E-state index contributed by atoms with van der Waals surface area (Å²) < 4.78 is 19.0. The van der Waals surface area contributed by atoms with Crippen molar-refractivity contribution < 1.29 is 9.00 Å². The second-order valence-electron chi connectivity index (χ2n) is 8.89. The molecule has 0 aromatic heterocycles. The minimum atomic E-state index is -2.29. The van der Waals surface area contributed by atoms with Crippen LogP contribution < -0.4 is 4.72 Å². The number of benzene rings is 1. The van der Waals surface area contributed by atoms with Gasteiger partial charge in [0.2, 0.25) is 5.91 Å². The zero-order chi connectivity index (χ0) is 21.3. The Kier molecular flexibility index (Phi) is 5.99. The summed E-state index contributed by atoms with van der Waals surface area (Å²) in [6.07, 6.45) is 10.1. The molecule has 1 fully saturated rings. The number of nitriles is 1. The Labute approximate surface area is 180 Å². The number of amides is 1. The van der Waals surface area contributed by atoms with Crippen LogP contribution in [0.25, 0.3) is 0 Å². The van der Waals surface area contributed by atoms with Crippen LogP contribution in [0.3, 0.4) is 0 Å². The number of hydrogen-bond donors (Lipinski definition) is 2. The first-order valence-corrected chi connectivity index (χ1v) is 12.1. The molecule has 1 aromatic carbocycles. The van der Waals surface area contributed by atoms with E-state index in [1.807, 2.05) is 14.0 Å². The molecule has 3 aliphatic rings. The van der Waals surface area contributed by atoms with Crippen LogP contribution in [0, 0.1) is 11.3 Å². The van der Waals surface area contributed by atoms with E-state index in [9.17, 15) is 14.3 Å². The average Bonchev–Trinajstić information content (AvgIpc) is 3.43. The summed E-state index contributed by atoms with van der Waals surface area (Å²) in [4.78, 5) is 14.8. The summed E-state index contributed by atoms with van der Waals surface area (Å²) in [5.74, 6) is -0.259. The van der Waals surface area contributed by atoms with Crippen molar-refractivity contribution in [3.8, 4) is 6.07 Å². The molecular weight excluding hydrogens is 396 g/mol. The van der Waals surface area contributed by atoms with Crippen molar-refractivity contribution in [2.24, 2.45) is 4.36 Å². The van der Waals surface area contributed by atoms with Gasteiger partial charge in [-0.05, 0) is 99.7 Å². The molecule has 1 N–H and O–H groups in total. The summed E-state index contributed by atoms with van der Waals surface area (Å²) in [5.41, 5.74) is 6.71. The maximum Gasteiger partial charge on any atom is 0.236 e. The van der Waals surface area contributed by atoms with Gasteiger partial charge in [-0.1, -0.05) is 6.07 Å². The third-order valence-electron chi connectivity index (χ3n) is 7.15.